The van der Waals surface area contributed by atoms with Gasteiger partial charge in [-0.25, -0.2) is 9.59 Å². The molecule has 0 radical (unpaired) electrons. The molecule has 2 bridgehead atoms. The molecule has 1 aliphatic carbocycles. The van der Waals surface area contributed by atoms with Crippen LogP contribution in [0.4, 0.5) is 4.79 Å². The number of carboxylic acids is 1. The zero-order valence-corrected chi connectivity index (χ0v) is 9.63. The van der Waals surface area contributed by atoms with Crippen molar-refractivity contribution < 1.29 is 19.8 Å². The van der Waals surface area contributed by atoms with Crippen molar-refractivity contribution in [1.29, 1.82) is 0 Å². The van der Waals surface area contributed by atoms with Gasteiger partial charge in [0.05, 0.1) is 0 Å². The third-order valence-corrected chi connectivity index (χ3v) is 3.68. The van der Waals surface area contributed by atoms with Gasteiger partial charge < -0.3 is 20.4 Å². The van der Waals surface area contributed by atoms with Crippen LogP contribution in [0.1, 0.15) is 25.7 Å². The van der Waals surface area contributed by atoms with Crippen LogP contribution >= 0.6 is 0 Å². The monoisotopic (exact) mass is 242 g/mol. The Kier molecular flexibility index (Phi) is 3.51. The van der Waals surface area contributed by atoms with Crippen molar-refractivity contribution >= 4 is 12.0 Å². The van der Waals surface area contributed by atoms with Gasteiger partial charge in [-0.2, -0.15) is 0 Å². The number of carbonyl (C=O) groups is 2. The van der Waals surface area contributed by atoms with E-state index in [1.807, 2.05) is 0 Å². The maximum Gasteiger partial charge on any atom is 0.326 e. The van der Waals surface area contributed by atoms with Gasteiger partial charge >= 0.3 is 12.0 Å². The molecule has 3 atom stereocenters. The van der Waals surface area contributed by atoms with Crippen LogP contribution in [-0.4, -0.2) is 52.3 Å². The topological polar surface area (TPSA) is 89.9 Å². The Morgan fingerprint density at radius 1 is 1.41 bits per heavy atom. The van der Waals surface area contributed by atoms with Gasteiger partial charge in [0.2, 0.25) is 0 Å². The maximum absolute atomic E-state index is 11.9. The highest BCUT2D eigenvalue weighted by Gasteiger charge is 2.40. The molecule has 0 spiro atoms. The fraction of sp³-hybridized carbons (Fsp3) is 0.818. The maximum atomic E-state index is 11.9. The fourth-order valence-electron chi connectivity index (χ4n) is 2.79. The van der Waals surface area contributed by atoms with E-state index < -0.39 is 12.0 Å². The first-order valence-electron chi connectivity index (χ1n) is 6.02. The second kappa shape index (κ2) is 4.91. The van der Waals surface area contributed by atoms with Crippen LogP contribution in [0.25, 0.3) is 0 Å². The Hall–Kier alpha value is -1.30. The number of urea groups is 1. The number of amides is 2. The SMILES string of the molecule is O=C(O)[C@H](CCO)NC(=O)N1CC2CCC1C2. The van der Waals surface area contributed by atoms with Crippen LogP contribution in [0.5, 0.6) is 0 Å². The molecule has 0 aromatic carbocycles. The fourth-order valence-corrected chi connectivity index (χ4v) is 2.79. The molecule has 1 heterocycles. The highest BCUT2D eigenvalue weighted by molar-refractivity contribution is 5.83. The summed E-state index contributed by atoms with van der Waals surface area (Å²) in [4.78, 5) is 24.5. The molecule has 2 rings (SSSR count). The number of likely N-dealkylation sites (tertiary alicyclic amines) is 1. The van der Waals surface area contributed by atoms with E-state index >= 15 is 0 Å². The van der Waals surface area contributed by atoms with Gasteiger partial charge in [-0.05, 0) is 25.2 Å². The Morgan fingerprint density at radius 2 is 2.18 bits per heavy atom. The van der Waals surface area contributed by atoms with Gasteiger partial charge in [0.1, 0.15) is 6.04 Å². The summed E-state index contributed by atoms with van der Waals surface area (Å²) in [7, 11) is 0. The summed E-state index contributed by atoms with van der Waals surface area (Å²) in [5.74, 6) is -0.511. The van der Waals surface area contributed by atoms with Crippen LogP contribution in [-0.2, 0) is 4.79 Å². The Bertz CT molecular complexity index is 321. The molecule has 0 aromatic rings. The first kappa shape index (κ1) is 12.2. The van der Waals surface area contributed by atoms with Gasteiger partial charge in [0.25, 0.3) is 0 Å². The minimum absolute atomic E-state index is 0.0447. The number of nitrogens with one attached hydrogen (secondary N) is 1. The molecule has 1 saturated carbocycles. The van der Waals surface area contributed by atoms with E-state index in [9.17, 15) is 9.59 Å². The smallest absolute Gasteiger partial charge is 0.326 e. The molecule has 6 nitrogen and oxygen atoms in total. The predicted octanol–water partition coefficient (Wildman–Crippen LogP) is 0.0159. The van der Waals surface area contributed by atoms with Crippen molar-refractivity contribution in [1.82, 2.24) is 10.2 Å². The third-order valence-electron chi connectivity index (χ3n) is 3.68. The molecule has 17 heavy (non-hydrogen) atoms. The quantitative estimate of drug-likeness (QED) is 0.648. The highest BCUT2D eigenvalue weighted by atomic mass is 16.4. The van der Waals surface area contributed by atoms with Gasteiger partial charge in [-0.3, -0.25) is 0 Å². The first-order chi connectivity index (χ1) is 8.11. The average Bonchev–Trinajstić information content (AvgIpc) is 2.89. The molecule has 1 aliphatic heterocycles. The number of piperidine rings is 1. The third kappa shape index (κ3) is 2.52. The van der Waals surface area contributed by atoms with Crippen LogP contribution < -0.4 is 5.32 Å². The summed E-state index contributed by atoms with van der Waals surface area (Å²) in [6, 6.07) is -1.02. The summed E-state index contributed by atoms with van der Waals surface area (Å²) < 4.78 is 0. The summed E-state index contributed by atoms with van der Waals surface area (Å²) in [6.45, 7) is 0.491. The molecule has 3 N–H and O–H groups in total. The van der Waals surface area contributed by atoms with Crippen molar-refractivity contribution in [2.45, 2.75) is 37.8 Å². The standard InChI is InChI=1S/C11H18N2O4/c14-4-3-9(10(15)16)12-11(17)13-6-7-1-2-8(13)5-7/h7-9,14H,1-6H2,(H,12,17)(H,15,16)/t7?,8?,9-/m0/s1. The van der Waals surface area contributed by atoms with Crippen molar-refractivity contribution in [3.8, 4) is 0 Å². The Morgan fingerprint density at radius 3 is 2.65 bits per heavy atom. The number of hydrogen-bond donors (Lipinski definition) is 3. The van der Waals surface area contributed by atoms with Gasteiger partial charge in [0, 0.05) is 25.6 Å². The van der Waals surface area contributed by atoms with Crippen LogP contribution in [0.15, 0.2) is 0 Å². The second-order valence-electron chi connectivity index (χ2n) is 4.84. The number of fused-ring (bicyclic) bond motifs is 2. The zero-order valence-electron chi connectivity index (χ0n) is 9.63. The normalized spacial score (nSPS) is 28.2. The zero-order chi connectivity index (χ0) is 12.4. The van der Waals surface area contributed by atoms with E-state index in [2.05, 4.69) is 5.32 Å². The lowest BCUT2D eigenvalue weighted by atomic mass is 10.1. The van der Waals surface area contributed by atoms with E-state index in [0.717, 1.165) is 19.4 Å². The summed E-state index contributed by atoms with van der Waals surface area (Å²) >= 11 is 0. The molecule has 2 unspecified atom stereocenters. The molecule has 6 heteroatoms. The minimum atomic E-state index is -1.10. The predicted molar refractivity (Wildman–Crippen MR) is 59.5 cm³/mol. The molecular weight excluding hydrogens is 224 g/mol. The number of hydrogen-bond acceptors (Lipinski definition) is 3. The van der Waals surface area contributed by atoms with Gasteiger partial charge in [0.15, 0.2) is 0 Å². The van der Waals surface area contributed by atoms with Crippen molar-refractivity contribution in [3.05, 3.63) is 0 Å². The van der Waals surface area contributed by atoms with E-state index in [1.54, 1.807) is 4.90 Å². The van der Waals surface area contributed by atoms with E-state index in [1.165, 1.54) is 6.42 Å². The van der Waals surface area contributed by atoms with Crippen molar-refractivity contribution in [2.24, 2.45) is 5.92 Å². The van der Waals surface area contributed by atoms with Gasteiger partial charge in [-0.15, -0.1) is 0 Å². The minimum Gasteiger partial charge on any atom is -0.480 e. The number of carbonyl (C=O) groups excluding carboxylic acids is 1. The summed E-state index contributed by atoms with van der Waals surface area (Å²) in [6.07, 6.45) is 3.29. The molecule has 2 fully saturated rings. The molecule has 0 aromatic heterocycles. The lowest BCUT2D eigenvalue weighted by Crippen LogP contribution is -2.50. The van der Waals surface area contributed by atoms with Crippen LogP contribution in [0.3, 0.4) is 0 Å². The second-order valence-corrected chi connectivity index (χ2v) is 4.84. The van der Waals surface area contributed by atoms with Crippen LogP contribution in [0, 0.1) is 5.92 Å². The number of aliphatic carboxylic acids is 1. The number of carboxylic acid groups (broad SMARTS) is 1. The Balaban J connectivity index is 1.89. The number of aliphatic hydroxyl groups is 1. The average molecular weight is 242 g/mol. The number of aliphatic hydroxyl groups excluding tert-OH is 1. The molecule has 96 valence electrons. The lowest BCUT2D eigenvalue weighted by Gasteiger charge is -2.28. The largest absolute Gasteiger partial charge is 0.480 e. The summed E-state index contributed by atoms with van der Waals surface area (Å²) in [5, 5.41) is 20.1. The van der Waals surface area contributed by atoms with E-state index in [0.29, 0.717) is 5.92 Å². The number of rotatable bonds is 4. The van der Waals surface area contributed by atoms with Crippen molar-refractivity contribution in [2.75, 3.05) is 13.2 Å². The number of nitrogens with zero attached hydrogens (tertiary/aromatic N) is 1. The van der Waals surface area contributed by atoms with E-state index in [4.69, 9.17) is 10.2 Å². The first-order valence-corrected chi connectivity index (χ1v) is 6.02. The highest BCUT2D eigenvalue weighted by Crippen LogP contribution is 2.37. The van der Waals surface area contributed by atoms with Gasteiger partial charge in [-0.1, -0.05) is 0 Å². The lowest BCUT2D eigenvalue weighted by molar-refractivity contribution is -0.139. The summed E-state index contributed by atoms with van der Waals surface area (Å²) in [5.41, 5.74) is 0. The molecular formula is C11H18N2O4. The molecule has 2 amide bonds. The van der Waals surface area contributed by atoms with Crippen molar-refractivity contribution in [3.63, 3.8) is 0 Å². The molecule has 2 aliphatic rings. The Labute approximate surface area is 99.6 Å². The van der Waals surface area contributed by atoms with Crippen LogP contribution in [0.2, 0.25) is 0 Å². The van der Waals surface area contributed by atoms with E-state index in [-0.39, 0.29) is 25.1 Å². The molecule has 1 saturated heterocycles.